The third-order valence-electron chi connectivity index (χ3n) is 1.56. The van der Waals surface area contributed by atoms with E-state index >= 15 is 0 Å². The molecule has 0 aliphatic heterocycles. The maximum atomic E-state index is 12.9. The minimum Gasteiger partial charge on any atom is -0.383 e. The molecule has 1 aromatic carbocycles. The molecule has 1 N–H and O–H groups in total. The van der Waals surface area contributed by atoms with Crippen LogP contribution in [0.5, 0.6) is 0 Å². The van der Waals surface area contributed by atoms with Gasteiger partial charge in [-0.2, -0.15) is 0 Å². The van der Waals surface area contributed by atoms with E-state index in [0.29, 0.717) is 13.0 Å². The van der Waals surface area contributed by atoms with Crippen molar-refractivity contribution in [3.05, 3.63) is 29.8 Å². The van der Waals surface area contributed by atoms with Gasteiger partial charge in [-0.1, -0.05) is 0 Å². The second kappa shape index (κ2) is 4.74. The van der Waals surface area contributed by atoms with Crippen LogP contribution in [0.1, 0.15) is 6.42 Å². The number of alkyl halides is 1. The summed E-state index contributed by atoms with van der Waals surface area (Å²) in [6.07, 6.45) is 0.316. The average Bonchev–Trinajstić information content (AvgIpc) is 2.09. The monoisotopic (exact) mass is 189 g/mol. The van der Waals surface area contributed by atoms with Crippen molar-refractivity contribution in [3.63, 3.8) is 0 Å². The summed E-state index contributed by atoms with van der Waals surface area (Å²) in [4.78, 5) is 0. The summed E-state index contributed by atoms with van der Waals surface area (Å²) in [5.74, 6) is -1.27. The molecule has 0 spiro atoms. The van der Waals surface area contributed by atoms with Gasteiger partial charge in [-0.3, -0.25) is 4.39 Å². The van der Waals surface area contributed by atoms with Gasteiger partial charge in [0.05, 0.1) is 12.4 Å². The molecule has 0 aromatic heterocycles. The van der Waals surface area contributed by atoms with E-state index in [2.05, 4.69) is 5.32 Å². The number of benzene rings is 1. The zero-order chi connectivity index (χ0) is 9.68. The second-order valence-corrected chi connectivity index (χ2v) is 2.59. The van der Waals surface area contributed by atoms with Gasteiger partial charge in [-0.25, -0.2) is 8.78 Å². The Bertz CT molecular complexity index is 276. The van der Waals surface area contributed by atoms with Crippen molar-refractivity contribution in [2.75, 3.05) is 18.5 Å². The molecule has 4 heteroatoms. The third kappa shape index (κ3) is 2.97. The Morgan fingerprint density at radius 2 is 2.00 bits per heavy atom. The molecule has 0 bridgehead atoms. The second-order valence-electron chi connectivity index (χ2n) is 2.59. The van der Waals surface area contributed by atoms with Crippen LogP contribution in [0.15, 0.2) is 18.2 Å². The summed E-state index contributed by atoms with van der Waals surface area (Å²) in [7, 11) is 0. The lowest BCUT2D eigenvalue weighted by atomic mass is 10.3. The lowest BCUT2D eigenvalue weighted by molar-refractivity contribution is 0.480. The van der Waals surface area contributed by atoms with Crippen molar-refractivity contribution in [2.45, 2.75) is 6.42 Å². The Kier molecular flexibility index (Phi) is 3.61. The summed E-state index contributed by atoms with van der Waals surface area (Å²) in [6.45, 7) is -0.102. The summed E-state index contributed by atoms with van der Waals surface area (Å²) >= 11 is 0. The lowest BCUT2D eigenvalue weighted by Crippen LogP contribution is -2.04. The maximum absolute atomic E-state index is 12.9. The molecule has 0 atom stereocenters. The quantitative estimate of drug-likeness (QED) is 0.718. The largest absolute Gasteiger partial charge is 0.383 e. The van der Waals surface area contributed by atoms with E-state index < -0.39 is 18.3 Å². The van der Waals surface area contributed by atoms with Crippen LogP contribution in [0.3, 0.4) is 0 Å². The Morgan fingerprint density at radius 3 is 2.62 bits per heavy atom. The van der Waals surface area contributed by atoms with Crippen LogP contribution >= 0.6 is 0 Å². The van der Waals surface area contributed by atoms with Crippen LogP contribution in [0.25, 0.3) is 0 Å². The highest BCUT2D eigenvalue weighted by Crippen LogP contribution is 2.14. The SMILES string of the molecule is FCCCNc1ccc(F)cc1F. The molecule has 0 radical (unpaired) electrons. The fourth-order valence-corrected chi connectivity index (χ4v) is 0.923. The molecule has 1 rings (SSSR count). The van der Waals surface area contributed by atoms with Gasteiger partial charge in [0, 0.05) is 12.6 Å². The van der Waals surface area contributed by atoms with Gasteiger partial charge in [0.15, 0.2) is 0 Å². The predicted octanol–water partition coefficient (Wildman–Crippen LogP) is 2.74. The van der Waals surface area contributed by atoms with Gasteiger partial charge in [0.1, 0.15) is 11.6 Å². The number of halogens is 3. The third-order valence-corrected chi connectivity index (χ3v) is 1.56. The summed E-state index contributed by atoms with van der Waals surface area (Å²) in [5, 5.41) is 2.66. The Morgan fingerprint density at radius 1 is 1.23 bits per heavy atom. The predicted molar refractivity (Wildman–Crippen MR) is 45.4 cm³/mol. The van der Waals surface area contributed by atoms with E-state index in [1.54, 1.807) is 0 Å². The van der Waals surface area contributed by atoms with Gasteiger partial charge in [-0.15, -0.1) is 0 Å². The fourth-order valence-electron chi connectivity index (χ4n) is 0.923. The molecule has 0 fully saturated rings. The average molecular weight is 189 g/mol. The first-order valence-electron chi connectivity index (χ1n) is 3.99. The topological polar surface area (TPSA) is 12.0 Å². The van der Waals surface area contributed by atoms with Gasteiger partial charge in [-0.05, 0) is 18.6 Å². The molecule has 13 heavy (non-hydrogen) atoms. The van der Waals surface area contributed by atoms with E-state index in [1.165, 1.54) is 6.07 Å². The number of anilines is 1. The summed E-state index contributed by atoms with van der Waals surface area (Å²) in [6, 6.07) is 3.24. The molecule has 1 aromatic rings. The minimum absolute atomic E-state index is 0.204. The summed E-state index contributed by atoms with van der Waals surface area (Å²) in [5.41, 5.74) is 0.204. The van der Waals surface area contributed by atoms with Gasteiger partial charge < -0.3 is 5.32 Å². The lowest BCUT2D eigenvalue weighted by Gasteiger charge is -2.05. The van der Waals surface area contributed by atoms with Crippen LogP contribution in [0.2, 0.25) is 0 Å². The number of nitrogens with one attached hydrogen (secondary N) is 1. The standard InChI is InChI=1S/C9H10F3N/c10-4-1-5-13-9-3-2-7(11)6-8(9)12/h2-3,6,13H,1,4-5H2. The van der Waals surface area contributed by atoms with Crippen LogP contribution < -0.4 is 5.32 Å². The highest BCUT2D eigenvalue weighted by atomic mass is 19.1. The molecule has 0 heterocycles. The van der Waals surface area contributed by atoms with Gasteiger partial charge >= 0.3 is 0 Å². The van der Waals surface area contributed by atoms with E-state index in [4.69, 9.17) is 0 Å². The first kappa shape index (κ1) is 9.89. The van der Waals surface area contributed by atoms with E-state index in [9.17, 15) is 13.2 Å². The molecule has 0 aliphatic carbocycles. The molecule has 0 saturated carbocycles. The zero-order valence-corrected chi connectivity index (χ0v) is 6.99. The van der Waals surface area contributed by atoms with Crippen molar-refractivity contribution in [1.29, 1.82) is 0 Å². The minimum atomic E-state index is -0.654. The molecule has 1 nitrogen and oxygen atoms in total. The van der Waals surface area contributed by atoms with Crippen LogP contribution in [0.4, 0.5) is 18.9 Å². The first-order chi connectivity index (χ1) is 6.24. The van der Waals surface area contributed by atoms with Gasteiger partial charge in [0.25, 0.3) is 0 Å². The maximum Gasteiger partial charge on any atom is 0.149 e. The Labute approximate surface area is 74.6 Å². The van der Waals surface area contributed by atoms with E-state index in [1.807, 2.05) is 0 Å². The van der Waals surface area contributed by atoms with Crippen molar-refractivity contribution < 1.29 is 13.2 Å². The smallest absolute Gasteiger partial charge is 0.149 e. The van der Waals surface area contributed by atoms with E-state index in [-0.39, 0.29) is 5.69 Å². The fraction of sp³-hybridized carbons (Fsp3) is 0.333. The molecule has 0 saturated heterocycles. The van der Waals surface area contributed by atoms with Crippen LogP contribution in [-0.4, -0.2) is 13.2 Å². The number of hydrogen-bond acceptors (Lipinski definition) is 1. The van der Waals surface area contributed by atoms with Gasteiger partial charge in [0.2, 0.25) is 0 Å². The molecule has 0 amide bonds. The first-order valence-corrected chi connectivity index (χ1v) is 3.99. The number of rotatable bonds is 4. The van der Waals surface area contributed by atoms with Crippen molar-refractivity contribution in [3.8, 4) is 0 Å². The highest BCUT2D eigenvalue weighted by molar-refractivity contribution is 5.44. The van der Waals surface area contributed by atoms with Crippen LogP contribution in [-0.2, 0) is 0 Å². The molecular formula is C9H10F3N. The van der Waals surface area contributed by atoms with Crippen molar-refractivity contribution in [2.24, 2.45) is 0 Å². The zero-order valence-electron chi connectivity index (χ0n) is 6.99. The normalized spacial score (nSPS) is 10.1. The molecule has 0 unspecified atom stereocenters. The highest BCUT2D eigenvalue weighted by Gasteiger charge is 2.01. The Hall–Kier alpha value is -1.19. The van der Waals surface area contributed by atoms with E-state index in [0.717, 1.165) is 12.1 Å². The van der Waals surface area contributed by atoms with Crippen LogP contribution in [0, 0.1) is 11.6 Å². The summed E-state index contributed by atoms with van der Waals surface area (Å²) < 4.78 is 37.0. The molecular weight excluding hydrogens is 179 g/mol. The Balaban J connectivity index is 2.56. The van der Waals surface area contributed by atoms with Crippen molar-refractivity contribution >= 4 is 5.69 Å². The molecule has 0 aliphatic rings. The molecule has 72 valence electrons. The number of hydrogen-bond donors (Lipinski definition) is 1. The van der Waals surface area contributed by atoms with Crippen molar-refractivity contribution in [1.82, 2.24) is 0 Å².